The lowest BCUT2D eigenvalue weighted by molar-refractivity contribution is -0.117. The van der Waals surface area contributed by atoms with Gasteiger partial charge in [-0.2, -0.15) is 5.10 Å². The lowest BCUT2D eigenvalue weighted by Gasteiger charge is -2.10. The second-order valence-electron chi connectivity index (χ2n) is 7.15. The lowest BCUT2D eigenvalue weighted by Crippen LogP contribution is -2.30. The van der Waals surface area contributed by atoms with E-state index in [2.05, 4.69) is 15.4 Å². The van der Waals surface area contributed by atoms with Crippen LogP contribution in [0.5, 0.6) is 0 Å². The molecule has 0 atom stereocenters. The molecule has 0 fully saturated rings. The van der Waals surface area contributed by atoms with E-state index in [4.69, 9.17) is 11.6 Å². The molecular formula is C22H19ClN4O2S. The highest BCUT2D eigenvalue weighted by atomic mass is 35.5. The number of carbonyl (C=O) groups excluding carboxylic acids is 1. The first-order valence-electron chi connectivity index (χ1n) is 9.32. The summed E-state index contributed by atoms with van der Waals surface area (Å²) in [4.78, 5) is 29.9. The quantitative estimate of drug-likeness (QED) is 0.499. The molecule has 4 aromatic rings. The van der Waals surface area contributed by atoms with E-state index in [9.17, 15) is 9.59 Å². The molecule has 0 bridgehead atoms. The predicted molar refractivity (Wildman–Crippen MR) is 121 cm³/mol. The maximum atomic E-state index is 12.9. The number of halogens is 1. The Labute approximate surface area is 182 Å². The van der Waals surface area contributed by atoms with Crippen LogP contribution >= 0.6 is 22.9 Å². The van der Waals surface area contributed by atoms with E-state index in [1.54, 1.807) is 12.1 Å². The largest absolute Gasteiger partial charge is 0.324 e. The first kappa shape index (κ1) is 20.3. The number of thiazole rings is 1. The Bertz CT molecular complexity index is 1310. The number of nitrogens with one attached hydrogen (secondary N) is 1. The molecule has 0 aliphatic rings. The number of fused-ring (bicyclic) bond motifs is 1. The second-order valence-corrected chi connectivity index (χ2v) is 8.79. The molecule has 2 aromatic carbocycles. The molecule has 152 valence electrons. The molecule has 0 saturated carbocycles. The average molecular weight is 439 g/mol. The van der Waals surface area contributed by atoms with Gasteiger partial charge in [0.25, 0.3) is 5.56 Å². The molecule has 4 rings (SSSR count). The van der Waals surface area contributed by atoms with Crippen LogP contribution in [-0.4, -0.2) is 20.7 Å². The summed E-state index contributed by atoms with van der Waals surface area (Å²) in [5.74, 6) is -0.331. The van der Waals surface area contributed by atoms with Gasteiger partial charge in [-0.25, -0.2) is 9.67 Å². The Kier molecular flexibility index (Phi) is 5.40. The van der Waals surface area contributed by atoms with Crippen molar-refractivity contribution in [3.8, 4) is 11.3 Å². The van der Waals surface area contributed by atoms with Crippen molar-refractivity contribution in [1.29, 1.82) is 0 Å². The molecule has 0 spiro atoms. The molecule has 0 saturated heterocycles. The molecular weight excluding hydrogens is 420 g/mol. The molecule has 30 heavy (non-hydrogen) atoms. The van der Waals surface area contributed by atoms with Gasteiger partial charge in [-0.1, -0.05) is 29.8 Å². The number of hydrogen-bond acceptors (Lipinski definition) is 5. The minimum Gasteiger partial charge on any atom is -0.324 e. The van der Waals surface area contributed by atoms with E-state index in [1.165, 1.54) is 16.0 Å². The third kappa shape index (κ3) is 4.13. The molecule has 2 aromatic heterocycles. The van der Waals surface area contributed by atoms with Crippen LogP contribution in [0.25, 0.3) is 21.5 Å². The van der Waals surface area contributed by atoms with Gasteiger partial charge in [0.05, 0.1) is 9.71 Å². The van der Waals surface area contributed by atoms with Crippen molar-refractivity contribution in [1.82, 2.24) is 14.8 Å². The number of rotatable bonds is 4. The van der Waals surface area contributed by atoms with Crippen LogP contribution in [0.2, 0.25) is 5.02 Å². The Morgan fingerprint density at radius 3 is 2.43 bits per heavy atom. The molecule has 1 N–H and O–H groups in total. The summed E-state index contributed by atoms with van der Waals surface area (Å²) in [5, 5.41) is 8.72. The summed E-state index contributed by atoms with van der Waals surface area (Å²) in [5.41, 5.74) is 4.12. The topological polar surface area (TPSA) is 76.9 Å². The van der Waals surface area contributed by atoms with Crippen molar-refractivity contribution in [2.24, 2.45) is 0 Å². The summed E-state index contributed by atoms with van der Waals surface area (Å²) in [7, 11) is 0. The van der Waals surface area contributed by atoms with E-state index in [0.29, 0.717) is 26.6 Å². The van der Waals surface area contributed by atoms with Gasteiger partial charge in [-0.3, -0.25) is 9.59 Å². The van der Waals surface area contributed by atoms with Gasteiger partial charge in [0.2, 0.25) is 5.91 Å². The molecule has 2 heterocycles. The van der Waals surface area contributed by atoms with Crippen molar-refractivity contribution < 1.29 is 4.79 Å². The molecule has 0 radical (unpaired) electrons. The smallest absolute Gasteiger partial charge is 0.294 e. The zero-order valence-electron chi connectivity index (χ0n) is 16.7. The molecule has 0 unspecified atom stereocenters. The third-order valence-corrected chi connectivity index (χ3v) is 5.75. The van der Waals surface area contributed by atoms with E-state index in [-0.39, 0.29) is 18.0 Å². The minimum absolute atomic E-state index is 0.209. The summed E-state index contributed by atoms with van der Waals surface area (Å²) in [6, 6.07) is 13.0. The monoisotopic (exact) mass is 438 g/mol. The van der Waals surface area contributed by atoms with Crippen LogP contribution in [0.15, 0.2) is 47.3 Å². The van der Waals surface area contributed by atoms with Gasteiger partial charge in [0, 0.05) is 16.3 Å². The standard InChI is InChI=1S/C22H19ClN4O2S/c1-12-8-13(2)10-17(9-12)25-18(28)11-27-22(29)20-21(30-14(3)24-20)19(26-27)15-4-6-16(23)7-5-15/h4-10H,11H2,1-3H3,(H,25,28). The highest BCUT2D eigenvalue weighted by Gasteiger charge is 2.18. The number of amides is 1. The van der Waals surface area contributed by atoms with Crippen molar-refractivity contribution >= 4 is 44.7 Å². The van der Waals surface area contributed by atoms with Gasteiger partial charge in [0.15, 0.2) is 5.52 Å². The normalized spacial score (nSPS) is 11.1. The molecule has 1 amide bonds. The zero-order chi connectivity index (χ0) is 21.4. The van der Waals surface area contributed by atoms with Crippen LogP contribution in [0.3, 0.4) is 0 Å². The zero-order valence-corrected chi connectivity index (χ0v) is 18.3. The van der Waals surface area contributed by atoms with Crippen LogP contribution in [0, 0.1) is 20.8 Å². The van der Waals surface area contributed by atoms with Gasteiger partial charge in [-0.15, -0.1) is 11.3 Å². The Morgan fingerprint density at radius 1 is 1.10 bits per heavy atom. The minimum atomic E-state index is -0.386. The Hall–Kier alpha value is -3.03. The molecule has 0 aliphatic heterocycles. The molecule has 0 aliphatic carbocycles. The SMILES string of the molecule is Cc1cc(C)cc(NC(=O)Cn2nc(-c3ccc(Cl)cc3)c3sc(C)nc3c2=O)c1. The number of carbonyl (C=O) groups is 1. The first-order chi connectivity index (χ1) is 14.3. The summed E-state index contributed by atoms with van der Waals surface area (Å²) in [6.07, 6.45) is 0. The maximum Gasteiger partial charge on any atom is 0.294 e. The lowest BCUT2D eigenvalue weighted by atomic mass is 10.1. The summed E-state index contributed by atoms with van der Waals surface area (Å²) < 4.78 is 1.87. The third-order valence-electron chi connectivity index (χ3n) is 4.52. The highest BCUT2D eigenvalue weighted by molar-refractivity contribution is 7.19. The number of hydrogen-bond donors (Lipinski definition) is 1. The fourth-order valence-electron chi connectivity index (χ4n) is 3.35. The molecule has 8 heteroatoms. The van der Waals surface area contributed by atoms with Crippen LogP contribution < -0.4 is 10.9 Å². The van der Waals surface area contributed by atoms with E-state index in [0.717, 1.165) is 21.7 Å². The van der Waals surface area contributed by atoms with Crippen molar-refractivity contribution in [3.63, 3.8) is 0 Å². The highest BCUT2D eigenvalue weighted by Crippen LogP contribution is 2.30. The van der Waals surface area contributed by atoms with E-state index in [1.807, 2.05) is 51.1 Å². The summed E-state index contributed by atoms with van der Waals surface area (Å²) in [6.45, 7) is 5.56. The van der Waals surface area contributed by atoms with Crippen LogP contribution in [-0.2, 0) is 11.3 Å². The number of anilines is 1. The number of benzene rings is 2. The van der Waals surface area contributed by atoms with Crippen LogP contribution in [0.4, 0.5) is 5.69 Å². The second kappa shape index (κ2) is 8.01. The number of nitrogens with zero attached hydrogens (tertiary/aromatic N) is 3. The van der Waals surface area contributed by atoms with Gasteiger partial charge >= 0.3 is 0 Å². The maximum absolute atomic E-state index is 12.9. The van der Waals surface area contributed by atoms with Gasteiger partial charge in [-0.05, 0) is 56.2 Å². The van der Waals surface area contributed by atoms with Crippen molar-refractivity contribution in [2.75, 3.05) is 5.32 Å². The Balaban J connectivity index is 1.73. The van der Waals surface area contributed by atoms with Crippen LogP contribution in [0.1, 0.15) is 16.1 Å². The van der Waals surface area contributed by atoms with E-state index < -0.39 is 0 Å². The predicted octanol–water partition coefficient (Wildman–Crippen LogP) is 4.74. The molecule has 6 nitrogen and oxygen atoms in total. The summed E-state index contributed by atoms with van der Waals surface area (Å²) >= 11 is 7.41. The average Bonchev–Trinajstić information content (AvgIpc) is 3.06. The van der Waals surface area contributed by atoms with Gasteiger partial charge < -0.3 is 5.32 Å². The fourth-order valence-corrected chi connectivity index (χ4v) is 4.40. The first-order valence-corrected chi connectivity index (χ1v) is 10.5. The number of aromatic nitrogens is 3. The van der Waals surface area contributed by atoms with Gasteiger partial charge in [0.1, 0.15) is 12.2 Å². The fraction of sp³-hybridized carbons (Fsp3) is 0.182. The van der Waals surface area contributed by atoms with E-state index >= 15 is 0 Å². The Morgan fingerprint density at radius 2 is 1.77 bits per heavy atom. The number of aryl methyl sites for hydroxylation is 3. The van der Waals surface area contributed by atoms with Crippen molar-refractivity contribution in [3.05, 3.63) is 74.0 Å². The van der Waals surface area contributed by atoms with Crippen molar-refractivity contribution in [2.45, 2.75) is 27.3 Å².